The fraction of sp³-hybridized carbons (Fsp3) is 0.750. The second kappa shape index (κ2) is 4.92. The van der Waals surface area contributed by atoms with Crippen molar-refractivity contribution in [1.82, 2.24) is 9.78 Å². The summed E-state index contributed by atoms with van der Waals surface area (Å²) in [5.74, 6) is -4.85. The van der Waals surface area contributed by atoms with Crippen LogP contribution in [0.3, 0.4) is 0 Å². The minimum Gasteiger partial charge on any atom is -0.399 e. The van der Waals surface area contributed by atoms with E-state index in [1.54, 1.807) is 27.7 Å². The summed E-state index contributed by atoms with van der Waals surface area (Å²) in [4.78, 5) is 0. The van der Waals surface area contributed by atoms with E-state index in [0.29, 0.717) is 4.68 Å². The predicted octanol–water partition coefficient (Wildman–Crippen LogP) is 2.38. The molecule has 0 unspecified atom stereocenters. The predicted molar refractivity (Wildman–Crippen MR) is 68.9 cm³/mol. The van der Waals surface area contributed by atoms with Gasteiger partial charge >= 0.3 is 19.2 Å². The van der Waals surface area contributed by atoms with Gasteiger partial charge in [-0.1, -0.05) is 0 Å². The number of aromatic nitrogens is 2. The summed E-state index contributed by atoms with van der Waals surface area (Å²) in [6, 6.07) is 0. The van der Waals surface area contributed by atoms with E-state index < -0.39 is 37.0 Å². The van der Waals surface area contributed by atoms with Crippen molar-refractivity contribution in [2.45, 2.75) is 57.5 Å². The van der Waals surface area contributed by atoms with Crippen LogP contribution in [0.4, 0.5) is 22.0 Å². The van der Waals surface area contributed by atoms with Gasteiger partial charge in [0.25, 0.3) is 0 Å². The first kappa shape index (κ1) is 17.2. The van der Waals surface area contributed by atoms with Gasteiger partial charge in [-0.05, 0) is 27.7 Å². The number of hydrogen-bond donors (Lipinski definition) is 0. The molecule has 4 nitrogen and oxygen atoms in total. The number of rotatable bonds is 3. The minimum atomic E-state index is -5.62. The van der Waals surface area contributed by atoms with Crippen molar-refractivity contribution >= 4 is 12.6 Å². The van der Waals surface area contributed by atoms with Crippen LogP contribution in [-0.2, 0) is 15.9 Å². The summed E-state index contributed by atoms with van der Waals surface area (Å²) >= 11 is 0. The SMILES string of the molecule is CC1(C)OB(c2cnn(CC(F)(F)C(F)(F)F)c2)OC1(C)C. The van der Waals surface area contributed by atoms with Gasteiger partial charge in [0.2, 0.25) is 0 Å². The molecule has 0 spiro atoms. The van der Waals surface area contributed by atoms with Crippen LogP contribution < -0.4 is 5.46 Å². The van der Waals surface area contributed by atoms with Gasteiger partial charge in [0.05, 0.1) is 11.2 Å². The maximum Gasteiger partial charge on any atom is 0.498 e. The summed E-state index contributed by atoms with van der Waals surface area (Å²) in [6.45, 7) is 5.62. The molecule has 1 saturated heterocycles. The molecule has 0 atom stereocenters. The third kappa shape index (κ3) is 2.98. The zero-order chi connectivity index (χ0) is 17.0. The monoisotopic (exact) mass is 326 g/mol. The molecule has 0 radical (unpaired) electrons. The van der Waals surface area contributed by atoms with Gasteiger partial charge < -0.3 is 9.31 Å². The molecule has 1 aliphatic rings. The third-order valence-electron chi connectivity index (χ3n) is 3.95. The summed E-state index contributed by atoms with van der Waals surface area (Å²) in [5, 5.41) is 3.53. The van der Waals surface area contributed by atoms with E-state index in [1.165, 1.54) is 0 Å². The highest BCUT2D eigenvalue weighted by atomic mass is 19.4. The minimum absolute atomic E-state index is 0.289. The van der Waals surface area contributed by atoms with E-state index in [4.69, 9.17) is 9.31 Å². The Morgan fingerprint density at radius 2 is 1.59 bits per heavy atom. The lowest BCUT2D eigenvalue weighted by atomic mass is 9.82. The fourth-order valence-electron chi connectivity index (χ4n) is 1.86. The van der Waals surface area contributed by atoms with Crippen LogP contribution in [0.2, 0.25) is 0 Å². The van der Waals surface area contributed by atoms with Crippen molar-refractivity contribution in [1.29, 1.82) is 0 Å². The Morgan fingerprint density at radius 1 is 1.09 bits per heavy atom. The van der Waals surface area contributed by atoms with Gasteiger partial charge in [0.15, 0.2) is 0 Å². The lowest BCUT2D eigenvalue weighted by molar-refractivity contribution is -0.287. The number of hydrogen-bond acceptors (Lipinski definition) is 3. The summed E-state index contributed by atoms with van der Waals surface area (Å²) in [7, 11) is -0.863. The van der Waals surface area contributed by atoms with Crippen LogP contribution in [0.25, 0.3) is 0 Å². The number of halogens is 5. The summed E-state index contributed by atoms with van der Waals surface area (Å²) in [6.07, 6.45) is -3.39. The van der Waals surface area contributed by atoms with E-state index in [0.717, 1.165) is 12.4 Å². The molecule has 1 fully saturated rings. The second-order valence-electron chi connectivity index (χ2n) is 6.26. The molecule has 10 heteroatoms. The molecule has 1 aliphatic heterocycles. The highest BCUT2D eigenvalue weighted by Gasteiger charge is 2.58. The molecule has 2 heterocycles. The maximum absolute atomic E-state index is 13.0. The lowest BCUT2D eigenvalue weighted by Crippen LogP contribution is -2.41. The maximum atomic E-state index is 13.0. The van der Waals surface area contributed by atoms with Crippen molar-refractivity contribution in [3.63, 3.8) is 0 Å². The molecule has 0 bridgehead atoms. The summed E-state index contributed by atoms with van der Waals surface area (Å²) in [5.41, 5.74) is -0.998. The molecular weight excluding hydrogens is 310 g/mol. The molecule has 0 saturated carbocycles. The first-order valence-electron chi connectivity index (χ1n) is 6.58. The van der Waals surface area contributed by atoms with Gasteiger partial charge in [-0.25, -0.2) is 0 Å². The quantitative estimate of drug-likeness (QED) is 0.632. The average molecular weight is 326 g/mol. The molecule has 1 aromatic rings. The van der Waals surface area contributed by atoms with Gasteiger partial charge in [-0.3, -0.25) is 4.68 Å². The first-order chi connectivity index (χ1) is 9.75. The molecule has 0 N–H and O–H groups in total. The van der Waals surface area contributed by atoms with Crippen LogP contribution in [0.1, 0.15) is 27.7 Å². The van der Waals surface area contributed by atoms with Crippen LogP contribution >= 0.6 is 0 Å². The van der Waals surface area contributed by atoms with Crippen LogP contribution in [0, 0.1) is 0 Å². The van der Waals surface area contributed by atoms with Crippen molar-refractivity contribution < 1.29 is 31.3 Å². The van der Waals surface area contributed by atoms with Crippen LogP contribution in [-0.4, -0.2) is 40.2 Å². The van der Waals surface area contributed by atoms with Crippen LogP contribution in [0.5, 0.6) is 0 Å². The Labute approximate surface area is 124 Å². The fourth-order valence-corrected chi connectivity index (χ4v) is 1.86. The molecule has 2 rings (SSSR count). The average Bonchev–Trinajstić information content (AvgIpc) is 2.80. The third-order valence-corrected chi connectivity index (χ3v) is 3.95. The van der Waals surface area contributed by atoms with Crippen LogP contribution in [0.15, 0.2) is 12.4 Å². The van der Waals surface area contributed by atoms with Gasteiger partial charge in [0.1, 0.15) is 6.54 Å². The molecule has 0 aromatic carbocycles. The van der Waals surface area contributed by atoms with Gasteiger partial charge in [-0.15, -0.1) is 0 Å². The molecular formula is C12H16BF5N2O2. The van der Waals surface area contributed by atoms with E-state index in [9.17, 15) is 22.0 Å². The molecule has 22 heavy (non-hydrogen) atoms. The largest absolute Gasteiger partial charge is 0.498 e. The van der Waals surface area contributed by atoms with E-state index in [1.807, 2.05) is 0 Å². The topological polar surface area (TPSA) is 36.3 Å². The number of nitrogens with zero attached hydrogens (tertiary/aromatic N) is 2. The molecule has 0 aliphatic carbocycles. The molecule has 1 aromatic heterocycles. The Balaban J connectivity index is 2.14. The van der Waals surface area contributed by atoms with Crippen molar-refractivity contribution in [2.24, 2.45) is 0 Å². The van der Waals surface area contributed by atoms with Gasteiger partial charge in [0, 0.05) is 17.9 Å². The Kier molecular flexibility index (Phi) is 3.85. The van der Waals surface area contributed by atoms with E-state index in [-0.39, 0.29) is 5.46 Å². The zero-order valence-corrected chi connectivity index (χ0v) is 12.5. The Bertz CT molecular complexity index is 540. The Hall–Kier alpha value is -1.16. The van der Waals surface area contributed by atoms with Crippen molar-refractivity contribution in [3.05, 3.63) is 12.4 Å². The molecule has 0 amide bonds. The van der Waals surface area contributed by atoms with E-state index >= 15 is 0 Å². The van der Waals surface area contributed by atoms with E-state index in [2.05, 4.69) is 5.10 Å². The second-order valence-corrected chi connectivity index (χ2v) is 6.26. The Morgan fingerprint density at radius 3 is 2.05 bits per heavy atom. The normalized spacial score (nSPS) is 21.4. The van der Waals surface area contributed by atoms with Gasteiger partial charge in [-0.2, -0.15) is 27.1 Å². The first-order valence-corrected chi connectivity index (χ1v) is 6.58. The summed E-state index contributed by atoms with van der Waals surface area (Å²) < 4.78 is 74.5. The lowest BCUT2D eigenvalue weighted by Gasteiger charge is -2.32. The molecule has 124 valence electrons. The van der Waals surface area contributed by atoms with Crippen molar-refractivity contribution in [2.75, 3.05) is 0 Å². The van der Waals surface area contributed by atoms with Crippen molar-refractivity contribution in [3.8, 4) is 0 Å². The smallest absolute Gasteiger partial charge is 0.399 e. The number of alkyl halides is 5. The highest BCUT2D eigenvalue weighted by Crippen LogP contribution is 2.37. The highest BCUT2D eigenvalue weighted by molar-refractivity contribution is 6.61. The zero-order valence-electron chi connectivity index (χ0n) is 12.5. The standard InChI is InChI=1S/C12H16BF5N2O2/c1-9(2)10(3,4)22-13(21-9)8-5-19-20(6-8)7-11(14,15)12(16,17)18/h5-6H,7H2,1-4H3.